The first kappa shape index (κ1) is 24.8. The van der Waals surface area contributed by atoms with E-state index < -0.39 is 23.2 Å². The highest BCUT2D eigenvalue weighted by Crippen LogP contribution is 2.32. The van der Waals surface area contributed by atoms with Gasteiger partial charge < -0.3 is 15.0 Å². The van der Waals surface area contributed by atoms with Crippen LogP contribution >= 0.6 is 0 Å². The zero-order valence-corrected chi connectivity index (χ0v) is 21.5. The SMILES string of the molecule is Cc1nc2c(N3CCOCC3)cc(-c3cc(C(=O)Nc4cn(C(C)(C)C)nc4F)c(F)cc3C)cn2n1. The molecule has 4 heterocycles. The molecule has 194 valence electrons. The average Bonchev–Trinajstić information content (AvgIpc) is 3.40. The normalized spacial score (nSPS) is 14.4. The molecule has 1 aromatic carbocycles. The maximum Gasteiger partial charge on any atom is 0.258 e. The molecular formula is C26H29F2N7O2. The lowest BCUT2D eigenvalue weighted by molar-refractivity contribution is 0.102. The Hall–Kier alpha value is -3.86. The third-order valence-electron chi connectivity index (χ3n) is 6.35. The molecule has 0 bridgehead atoms. The molecule has 3 aromatic heterocycles. The van der Waals surface area contributed by atoms with Crippen LogP contribution in [0.1, 0.15) is 42.5 Å². The van der Waals surface area contributed by atoms with Crippen molar-refractivity contribution in [3.05, 3.63) is 59.3 Å². The van der Waals surface area contributed by atoms with Gasteiger partial charge in [0.1, 0.15) is 17.3 Å². The number of morpholine rings is 1. The van der Waals surface area contributed by atoms with E-state index in [1.807, 2.05) is 40.0 Å². The Morgan fingerprint density at radius 1 is 1.05 bits per heavy atom. The van der Waals surface area contributed by atoms with Crippen LogP contribution < -0.4 is 10.2 Å². The summed E-state index contributed by atoms with van der Waals surface area (Å²) >= 11 is 0. The van der Waals surface area contributed by atoms with Gasteiger partial charge in [-0.3, -0.25) is 9.48 Å². The van der Waals surface area contributed by atoms with Gasteiger partial charge in [0.05, 0.1) is 36.2 Å². The molecule has 1 saturated heterocycles. The fourth-order valence-electron chi connectivity index (χ4n) is 4.39. The molecule has 0 spiro atoms. The topological polar surface area (TPSA) is 89.6 Å². The molecule has 0 unspecified atom stereocenters. The molecule has 1 fully saturated rings. The molecule has 1 amide bonds. The van der Waals surface area contributed by atoms with Crippen LogP contribution in [0.4, 0.5) is 20.2 Å². The van der Waals surface area contributed by atoms with E-state index in [2.05, 4.69) is 25.4 Å². The Morgan fingerprint density at radius 3 is 2.46 bits per heavy atom. The van der Waals surface area contributed by atoms with Gasteiger partial charge in [-0.1, -0.05) is 0 Å². The summed E-state index contributed by atoms with van der Waals surface area (Å²) in [6, 6.07) is 4.77. The van der Waals surface area contributed by atoms with Crippen molar-refractivity contribution in [1.82, 2.24) is 24.4 Å². The zero-order chi connectivity index (χ0) is 26.5. The first-order chi connectivity index (χ1) is 17.5. The third-order valence-corrected chi connectivity index (χ3v) is 6.35. The predicted octanol–water partition coefficient (Wildman–Crippen LogP) is 4.33. The fourth-order valence-corrected chi connectivity index (χ4v) is 4.39. The number of pyridine rings is 1. The maximum absolute atomic E-state index is 15.0. The van der Waals surface area contributed by atoms with Gasteiger partial charge in [-0.15, -0.1) is 5.10 Å². The molecule has 0 atom stereocenters. The summed E-state index contributed by atoms with van der Waals surface area (Å²) in [5.74, 6) is -1.68. The second kappa shape index (κ2) is 9.22. The Balaban J connectivity index is 1.55. The molecular weight excluding hydrogens is 480 g/mol. The highest BCUT2D eigenvalue weighted by Gasteiger charge is 2.23. The van der Waals surface area contributed by atoms with Crippen molar-refractivity contribution < 1.29 is 18.3 Å². The zero-order valence-electron chi connectivity index (χ0n) is 21.5. The van der Waals surface area contributed by atoms with E-state index in [4.69, 9.17) is 4.74 Å². The first-order valence-corrected chi connectivity index (χ1v) is 12.1. The van der Waals surface area contributed by atoms with Crippen LogP contribution in [0.3, 0.4) is 0 Å². The number of carbonyl (C=O) groups excluding carboxylic acids is 1. The molecule has 1 N–H and O–H groups in total. The number of halogens is 2. The van der Waals surface area contributed by atoms with Crippen molar-refractivity contribution in [3.8, 4) is 11.1 Å². The van der Waals surface area contributed by atoms with Gasteiger partial charge in [0.25, 0.3) is 11.9 Å². The van der Waals surface area contributed by atoms with Gasteiger partial charge >= 0.3 is 0 Å². The minimum Gasteiger partial charge on any atom is -0.378 e. The number of rotatable bonds is 4. The molecule has 4 aromatic rings. The largest absolute Gasteiger partial charge is 0.378 e. The smallest absolute Gasteiger partial charge is 0.258 e. The number of fused-ring (bicyclic) bond motifs is 1. The monoisotopic (exact) mass is 509 g/mol. The summed E-state index contributed by atoms with van der Waals surface area (Å²) in [6.45, 7) is 11.8. The summed E-state index contributed by atoms with van der Waals surface area (Å²) in [4.78, 5) is 19.8. The van der Waals surface area contributed by atoms with Crippen LogP contribution in [-0.2, 0) is 10.3 Å². The Labute approximate surface area is 213 Å². The second-order valence-corrected chi connectivity index (χ2v) is 10.2. The number of anilines is 2. The third kappa shape index (κ3) is 4.78. The molecule has 1 aliphatic heterocycles. The molecule has 0 saturated carbocycles. The molecule has 9 nitrogen and oxygen atoms in total. The second-order valence-electron chi connectivity index (χ2n) is 10.2. The van der Waals surface area contributed by atoms with Crippen molar-refractivity contribution in [3.63, 3.8) is 0 Å². The molecule has 37 heavy (non-hydrogen) atoms. The van der Waals surface area contributed by atoms with Crippen LogP contribution in [0.5, 0.6) is 0 Å². The predicted molar refractivity (Wildman–Crippen MR) is 136 cm³/mol. The minimum absolute atomic E-state index is 0.115. The van der Waals surface area contributed by atoms with Gasteiger partial charge in [0.15, 0.2) is 5.65 Å². The van der Waals surface area contributed by atoms with Crippen molar-refractivity contribution >= 4 is 22.9 Å². The van der Waals surface area contributed by atoms with Crippen LogP contribution in [0, 0.1) is 25.6 Å². The van der Waals surface area contributed by atoms with Crippen molar-refractivity contribution in [1.29, 1.82) is 0 Å². The van der Waals surface area contributed by atoms with E-state index in [0.717, 1.165) is 11.3 Å². The summed E-state index contributed by atoms with van der Waals surface area (Å²) < 4.78 is 38.0. The van der Waals surface area contributed by atoms with E-state index in [1.165, 1.54) is 23.0 Å². The van der Waals surface area contributed by atoms with E-state index in [0.29, 0.717) is 48.9 Å². The summed E-state index contributed by atoms with van der Waals surface area (Å²) in [5.41, 5.74) is 2.84. The Bertz CT molecular complexity index is 1500. The molecule has 0 aliphatic carbocycles. The Kier molecular flexibility index (Phi) is 6.18. The van der Waals surface area contributed by atoms with Gasteiger partial charge in [0, 0.05) is 24.8 Å². The first-order valence-electron chi connectivity index (χ1n) is 12.1. The molecule has 0 radical (unpaired) electrons. The van der Waals surface area contributed by atoms with Gasteiger partial charge in [-0.05, 0) is 63.9 Å². The summed E-state index contributed by atoms with van der Waals surface area (Å²) in [5, 5.41) is 10.8. The average molecular weight is 510 g/mol. The van der Waals surface area contributed by atoms with E-state index in [9.17, 15) is 13.6 Å². The number of aromatic nitrogens is 5. The number of carbonyl (C=O) groups is 1. The maximum atomic E-state index is 15.0. The van der Waals surface area contributed by atoms with Crippen LogP contribution in [0.25, 0.3) is 16.8 Å². The number of nitrogens with one attached hydrogen (secondary N) is 1. The number of hydrogen-bond acceptors (Lipinski definition) is 6. The fraction of sp³-hybridized carbons (Fsp3) is 0.385. The van der Waals surface area contributed by atoms with Gasteiger partial charge in [-0.25, -0.2) is 13.9 Å². The van der Waals surface area contributed by atoms with Crippen LogP contribution in [0.15, 0.2) is 30.6 Å². The molecule has 5 rings (SSSR count). The van der Waals surface area contributed by atoms with E-state index in [-0.39, 0.29) is 11.3 Å². The summed E-state index contributed by atoms with van der Waals surface area (Å²) in [7, 11) is 0. The molecule has 11 heteroatoms. The van der Waals surface area contributed by atoms with Crippen molar-refractivity contribution in [2.75, 3.05) is 36.5 Å². The molecule has 1 aliphatic rings. The van der Waals surface area contributed by atoms with Gasteiger partial charge in [-0.2, -0.15) is 9.49 Å². The standard InChI is InChI=1S/C26H29F2N7O2/c1-15-10-20(27)19(25(36)30-21-14-35(26(3,4)5)32-23(21)28)12-18(15)17-11-22(33-6-8-37-9-7-33)24-29-16(2)31-34(24)13-17/h10-14H,6-9H2,1-5H3,(H,30,36). The number of hydrogen-bond donors (Lipinski definition) is 1. The lowest BCUT2D eigenvalue weighted by atomic mass is 9.98. The number of nitrogens with zero attached hydrogens (tertiary/aromatic N) is 6. The quantitative estimate of drug-likeness (QED) is 0.441. The van der Waals surface area contributed by atoms with E-state index >= 15 is 0 Å². The Morgan fingerprint density at radius 2 is 1.78 bits per heavy atom. The number of aryl methyl sites for hydroxylation is 2. The van der Waals surface area contributed by atoms with Crippen LogP contribution in [0.2, 0.25) is 0 Å². The number of ether oxygens (including phenoxy) is 1. The van der Waals surface area contributed by atoms with Crippen LogP contribution in [-0.4, -0.2) is 56.6 Å². The highest BCUT2D eigenvalue weighted by molar-refractivity contribution is 6.05. The summed E-state index contributed by atoms with van der Waals surface area (Å²) in [6.07, 6.45) is 3.21. The number of amides is 1. The van der Waals surface area contributed by atoms with Crippen molar-refractivity contribution in [2.24, 2.45) is 0 Å². The lowest BCUT2D eigenvalue weighted by Crippen LogP contribution is -2.36. The number of benzene rings is 1. The minimum atomic E-state index is -0.835. The highest BCUT2D eigenvalue weighted by atomic mass is 19.1. The van der Waals surface area contributed by atoms with Gasteiger partial charge in [0.2, 0.25) is 0 Å². The van der Waals surface area contributed by atoms with E-state index in [1.54, 1.807) is 11.4 Å². The van der Waals surface area contributed by atoms with Crippen molar-refractivity contribution in [2.45, 2.75) is 40.2 Å². The lowest BCUT2D eigenvalue weighted by Gasteiger charge is -2.29.